The lowest BCUT2D eigenvalue weighted by Gasteiger charge is -2.23. The first-order valence-corrected chi connectivity index (χ1v) is 6.81. The van der Waals surface area contributed by atoms with Crippen LogP contribution in [0.5, 0.6) is 0 Å². The van der Waals surface area contributed by atoms with Gasteiger partial charge in [0.2, 0.25) is 0 Å². The van der Waals surface area contributed by atoms with Crippen LogP contribution in [0.25, 0.3) is 0 Å². The molecule has 0 amide bonds. The monoisotopic (exact) mass is 221 g/mol. The average Bonchev–Trinajstić information content (AvgIpc) is 2.75. The Labute approximate surface area is 96.4 Å². The van der Waals surface area contributed by atoms with Crippen molar-refractivity contribution in [2.75, 3.05) is 18.1 Å². The molecular formula is C13H19NS. The molecule has 1 heterocycles. The van der Waals surface area contributed by atoms with Gasteiger partial charge in [0.05, 0.1) is 0 Å². The number of aryl methyl sites for hydroxylation is 1. The zero-order valence-electron chi connectivity index (χ0n) is 9.28. The molecule has 2 N–H and O–H groups in total. The Balaban J connectivity index is 2.22. The SMILES string of the molecule is Cc1ccccc1C(CN)C1CCSC1. The summed E-state index contributed by atoms with van der Waals surface area (Å²) in [5.74, 6) is 3.96. The van der Waals surface area contributed by atoms with E-state index in [-0.39, 0.29) is 0 Å². The van der Waals surface area contributed by atoms with Crippen LogP contribution in [0.4, 0.5) is 0 Å². The highest BCUT2D eigenvalue weighted by atomic mass is 32.2. The molecule has 2 rings (SSSR count). The topological polar surface area (TPSA) is 26.0 Å². The summed E-state index contributed by atoms with van der Waals surface area (Å²) in [5, 5.41) is 0. The maximum absolute atomic E-state index is 5.94. The molecule has 2 atom stereocenters. The molecule has 1 aliphatic heterocycles. The number of nitrogens with two attached hydrogens (primary N) is 1. The van der Waals surface area contributed by atoms with Crippen LogP contribution in [-0.2, 0) is 0 Å². The molecule has 1 aliphatic rings. The summed E-state index contributed by atoms with van der Waals surface area (Å²) in [5.41, 5.74) is 8.80. The number of thioether (sulfide) groups is 1. The fraction of sp³-hybridized carbons (Fsp3) is 0.538. The summed E-state index contributed by atoms with van der Waals surface area (Å²) in [6.45, 7) is 2.98. The van der Waals surface area contributed by atoms with E-state index in [1.807, 2.05) is 0 Å². The lowest BCUT2D eigenvalue weighted by Crippen LogP contribution is -2.22. The number of hydrogen-bond donors (Lipinski definition) is 1. The van der Waals surface area contributed by atoms with E-state index in [9.17, 15) is 0 Å². The highest BCUT2D eigenvalue weighted by molar-refractivity contribution is 7.99. The van der Waals surface area contributed by atoms with Crippen LogP contribution in [0.2, 0.25) is 0 Å². The predicted octanol–water partition coefficient (Wildman–Crippen LogP) is 2.79. The quantitative estimate of drug-likeness (QED) is 0.849. The lowest BCUT2D eigenvalue weighted by atomic mass is 9.83. The number of hydrogen-bond acceptors (Lipinski definition) is 2. The second-order valence-electron chi connectivity index (χ2n) is 4.32. The molecule has 1 aromatic rings. The molecule has 1 fully saturated rings. The molecule has 0 radical (unpaired) electrons. The van der Waals surface area contributed by atoms with E-state index >= 15 is 0 Å². The molecule has 1 nitrogen and oxygen atoms in total. The first kappa shape index (κ1) is 11.0. The molecule has 0 bridgehead atoms. The van der Waals surface area contributed by atoms with E-state index < -0.39 is 0 Å². The van der Waals surface area contributed by atoms with Crippen LogP contribution >= 0.6 is 11.8 Å². The van der Waals surface area contributed by atoms with Crippen molar-refractivity contribution in [3.8, 4) is 0 Å². The third-order valence-electron chi connectivity index (χ3n) is 3.38. The molecule has 0 saturated carbocycles. The molecule has 15 heavy (non-hydrogen) atoms. The van der Waals surface area contributed by atoms with Crippen molar-refractivity contribution >= 4 is 11.8 Å². The van der Waals surface area contributed by atoms with Gasteiger partial charge in [-0.1, -0.05) is 24.3 Å². The van der Waals surface area contributed by atoms with Crippen molar-refractivity contribution in [2.24, 2.45) is 11.7 Å². The Bertz CT molecular complexity index is 318. The summed E-state index contributed by atoms with van der Waals surface area (Å²) >= 11 is 2.07. The van der Waals surface area contributed by atoms with Gasteiger partial charge in [0.1, 0.15) is 0 Å². The summed E-state index contributed by atoms with van der Waals surface area (Å²) < 4.78 is 0. The summed E-state index contributed by atoms with van der Waals surface area (Å²) in [6.07, 6.45) is 1.33. The van der Waals surface area contributed by atoms with Gasteiger partial charge in [0.15, 0.2) is 0 Å². The number of benzene rings is 1. The summed E-state index contributed by atoms with van der Waals surface area (Å²) in [4.78, 5) is 0. The van der Waals surface area contributed by atoms with Crippen LogP contribution in [0.15, 0.2) is 24.3 Å². The van der Waals surface area contributed by atoms with Gasteiger partial charge in [0, 0.05) is 5.92 Å². The van der Waals surface area contributed by atoms with Gasteiger partial charge in [-0.3, -0.25) is 0 Å². The van der Waals surface area contributed by atoms with Crippen molar-refractivity contribution in [2.45, 2.75) is 19.3 Å². The van der Waals surface area contributed by atoms with Crippen molar-refractivity contribution < 1.29 is 0 Å². The Hall–Kier alpha value is -0.470. The van der Waals surface area contributed by atoms with Gasteiger partial charge in [-0.2, -0.15) is 11.8 Å². The van der Waals surface area contributed by atoms with Gasteiger partial charge in [-0.05, 0) is 48.4 Å². The van der Waals surface area contributed by atoms with E-state index in [1.54, 1.807) is 0 Å². The van der Waals surface area contributed by atoms with E-state index in [4.69, 9.17) is 5.73 Å². The molecule has 1 aromatic carbocycles. The zero-order chi connectivity index (χ0) is 10.7. The first-order chi connectivity index (χ1) is 7.33. The molecule has 0 aliphatic carbocycles. The molecule has 82 valence electrons. The van der Waals surface area contributed by atoms with Gasteiger partial charge in [-0.25, -0.2) is 0 Å². The normalized spacial score (nSPS) is 22.9. The van der Waals surface area contributed by atoms with Crippen LogP contribution < -0.4 is 5.73 Å². The summed E-state index contributed by atoms with van der Waals surface area (Å²) in [6, 6.07) is 8.68. The fourth-order valence-corrected chi connectivity index (χ4v) is 3.78. The molecular weight excluding hydrogens is 202 g/mol. The minimum atomic E-state index is 0.571. The fourth-order valence-electron chi connectivity index (χ4n) is 2.45. The standard InChI is InChI=1S/C13H19NS/c1-10-4-2-3-5-12(10)13(8-14)11-6-7-15-9-11/h2-5,11,13H,6-9,14H2,1H3. The lowest BCUT2D eigenvalue weighted by molar-refractivity contribution is 0.474. The third-order valence-corrected chi connectivity index (χ3v) is 4.56. The highest BCUT2D eigenvalue weighted by Gasteiger charge is 2.26. The summed E-state index contributed by atoms with van der Waals surface area (Å²) in [7, 11) is 0. The van der Waals surface area contributed by atoms with Gasteiger partial charge in [0.25, 0.3) is 0 Å². The Morgan fingerprint density at radius 3 is 2.87 bits per heavy atom. The zero-order valence-corrected chi connectivity index (χ0v) is 10.1. The largest absolute Gasteiger partial charge is 0.330 e. The van der Waals surface area contributed by atoms with Crippen molar-refractivity contribution in [3.63, 3.8) is 0 Å². The van der Waals surface area contributed by atoms with Gasteiger partial charge >= 0.3 is 0 Å². The maximum atomic E-state index is 5.94. The number of rotatable bonds is 3. The van der Waals surface area contributed by atoms with E-state index in [0.717, 1.165) is 12.5 Å². The van der Waals surface area contributed by atoms with Gasteiger partial charge < -0.3 is 5.73 Å². The Morgan fingerprint density at radius 2 is 2.27 bits per heavy atom. The maximum Gasteiger partial charge on any atom is 0.0000235 e. The molecule has 2 heteroatoms. The highest BCUT2D eigenvalue weighted by Crippen LogP contribution is 2.36. The molecule has 0 aromatic heterocycles. The Kier molecular flexibility index (Phi) is 3.71. The predicted molar refractivity (Wildman–Crippen MR) is 68.4 cm³/mol. The first-order valence-electron chi connectivity index (χ1n) is 5.66. The van der Waals surface area contributed by atoms with Crippen LogP contribution in [0.3, 0.4) is 0 Å². The Morgan fingerprint density at radius 1 is 1.47 bits per heavy atom. The van der Waals surface area contributed by atoms with Crippen molar-refractivity contribution in [3.05, 3.63) is 35.4 Å². The van der Waals surface area contributed by atoms with E-state index in [0.29, 0.717) is 5.92 Å². The smallest absolute Gasteiger partial charge is 0.0000235 e. The minimum Gasteiger partial charge on any atom is -0.330 e. The van der Waals surface area contributed by atoms with Crippen molar-refractivity contribution in [1.82, 2.24) is 0 Å². The van der Waals surface area contributed by atoms with E-state index in [2.05, 4.69) is 43.0 Å². The van der Waals surface area contributed by atoms with Crippen molar-refractivity contribution in [1.29, 1.82) is 0 Å². The van der Waals surface area contributed by atoms with Crippen LogP contribution in [-0.4, -0.2) is 18.1 Å². The van der Waals surface area contributed by atoms with E-state index in [1.165, 1.54) is 29.1 Å². The molecule has 1 saturated heterocycles. The van der Waals surface area contributed by atoms with Crippen LogP contribution in [0, 0.1) is 12.8 Å². The van der Waals surface area contributed by atoms with Crippen LogP contribution in [0.1, 0.15) is 23.5 Å². The second kappa shape index (κ2) is 5.04. The average molecular weight is 221 g/mol. The third kappa shape index (κ3) is 2.37. The second-order valence-corrected chi connectivity index (χ2v) is 5.47. The molecule has 2 unspecified atom stereocenters. The van der Waals surface area contributed by atoms with Gasteiger partial charge in [-0.15, -0.1) is 0 Å². The minimum absolute atomic E-state index is 0.571. The molecule has 0 spiro atoms.